The molecule has 5 rings (SSSR count). The lowest BCUT2D eigenvalue weighted by Gasteiger charge is -2.40. The highest BCUT2D eigenvalue weighted by atomic mass is 16.6. The largest absolute Gasteiger partial charge is 0.483 e. The molecule has 2 fully saturated rings. The van der Waals surface area contributed by atoms with Crippen molar-refractivity contribution in [2.45, 2.75) is 77.1 Å². The van der Waals surface area contributed by atoms with Crippen molar-refractivity contribution in [1.29, 1.82) is 0 Å². The molecule has 3 aromatic rings. The Morgan fingerprint density at radius 3 is 2.50 bits per heavy atom. The van der Waals surface area contributed by atoms with Crippen molar-refractivity contribution < 1.29 is 23.8 Å². The van der Waals surface area contributed by atoms with Gasteiger partial charge < -0.3 is 40.0 Å². The number of ether oxygens (including phenoxy) is 3. The van der Waals surface area contributed by atoms with E-state index in [0.717, 1.165) is 53.4 Å². The fraction of sp³-hybridized carbons (Fsp3) is 0.474. The van der Waals surface area contributed by atoms with E-state index in [2.05, 4.69) is 46.0 Å². The quantitative estimate of drug-likeness (QED) is 0.140. The summed E-state index contributed by atoms with van der Waals surface area (Å²) in [4.78, 5) is 31.9. The lowest BCUT2D eigenvalue weighted by atomic mass is 9.79. The van der Waals surface area contributed by atoms with Crippen LogP contribution >= 0.6 is 0 Å². The lowest BCUT2D eigenvalue weighted by molar-refractivity contribution is -0.139. The third-order valence-corrected chi connectivity index (χ3v) is 9.12. The third kappa shape index (κ3) is 8.52. The minimum Gasteiger partial charge on any atom is -0.483 e. The van der Waals surface area contributed by atoms with E-state index in [4.69, 9.17) is 25.7 Å². The number of benzene rings is 2. The van der Waals surface area contributed by atoms with Crippen molar-refractivity contribution in [3.8, 4) is 0 Å². The van der Waals surface area contributed by atoms with Crippen molar-refractivity contribution in [2.24, 2.45) is 17.4 Å². The van der Waals surface area contributed by atoms with Gasteiger partial charge in [0.2, 0.25) is 5.91 Å². The first kappa shape index (κ1) is 34.9. The van der Waals surface area contributed by atoms with Crippen LogP contribution in [0.25, 0.3) is 16.6 Å². The maximum atomic E-state index is 14.9. The van der Waals surface area contributed by atoms with Crippen LogP contribution < -0.4 is 11.5 Å². The predicted molar refractivity (Wildman–Crippen MR) is 189 cm³/mol. The zero-order valence-electron chi connectivity index (χ0n) is 29.0. The summed E-state index contributed by atoms with van der Waals surface area (Å²) >= 11 is 0. The number of aromatic nitrogens is 1. The van der Waals surface area contributed by atoms with Crippen molar-refractivity contribution in [1.82, 2.24) is 14.4 Å². The van der Waals surface area contributed by atoms with Gasteiger partial charge in [-0.2, -0.15) is 0 Å². The molecule has 1 aromatic heterocycles. The van der Waals surface area contributed by atoms with Gasteiger partial charge in [0, 0.05) is 68.7 Å². The number of rotatable bonds is 12. The zero-order chi connectivity index (χ0) is 34.4. The molecular weight excluding hydrogens is 606 g/mol. The standard InChI is InChI=1S/C38H51N5O5/c1-38(2,3)48-37(45)42-20-18-30(26-10-8-11-27(22-26)33(39)16-17-35(40)47-5)32(25-42)36(44)43(29-14-15-29)24-28-23-41(19-9-21-46-4)34-13-7-6-12-31(28)34/h6-8,10-13,16-17,22-23,29-30,32H,9,14-15,18-21,24-25,39-40H2,1-5H3. The van der Waals surface area contributed by atoms with Crippen LogP contribution in [0.1, 0.15) is 69.1 Å². The number of carbonyl (C=O) groups excluding carboxylic acids is 2. The zero-order valence-corrected chi connectivity index (χ0v) is 29.0. The van der Waals surface area contributed by atoms with Crippen LogP contribution in [0.4, 0.5) is 4.79 Å². The van der Waals surface area contributed by atoms with Gasteiger partial charge in [0.25, 0.3) is 0 Å². The summed E-state index contributed by atoms with van der Waals surface area (Å²) in [6, 6.07) is 16.6. The molecule has 258 valence electrons. The molecule has 2 atom stereocenters. The second kappa shape index (κ2) is 15.2. The number of hydrogen-bond donors (Lipinski definition) is 2. The van der Waals surface area contributed by atoms with E-state index in [1.54, 1.807) is 24.2 Å². The summed E-state index contributed by atoms with van der Waals surface area (Å²) in [5.41, 5.74) is 16.2. The SMILES string of the molecule is COCCCn1cc(CN(C(=O)C2CN(C(=O)OC(C)(C)C)CCC2c2cccc(C(N)=CC=C(N)OC)c2)C2CC2)c2ccccc21. The molecule has 10 nitrogen and oxygen atoms in total. The molecule has 1 aliphatic carbocycles. The van der Waals surface area contributed by atoms with Crippen molar-refractivity contribution >= 4 is 28.6 Å². The summed E-state index contributed by atoms with van der Waals surface area (Å²) < 4.78 is 18.4. The number of methoxy groups -OCH3 is 2. The third-order valence-electron chi connectivity index (χ3n) is 9.12. The van der Waals surface area contributed by atoms with E-state index >= 15 is 0 Å². The molecule has 10 heteroatoms. The van der Waals surface area contributed by atoms with Crippen LogP contribution in [0.5, 0.6) is 0 Å². The van der Waals surface area contributed by atoms with Crippen LogP contribution in [-0.2, 0) is 32.1 Å². The van der Waals surface area contributed by atoms with Gasteiger partial charge in [-0.25, -0.2) is 4.79 Å². The Bertz CT molecular complexity index is 1650. The van der Waals surface area contributed by atoms with Crippen LogP contribution in [0.15, 0.2) is 72.8 Å². The Hall–Kier alpha value is -4.44. The summed E-state index contributed by atoms with van der Waals surface area (Å²) in [6.07, 6.45) is 8.61. The molecule has 2 aromatic carbocycles. The summed E-state index contributed by atoms with van der Waals surface area (Å²) in [6.45, 7) is 8.39. The highest BCUT2D eigenvalue weighted by Gasteiger charge is 2.43. The average molecular weight is 658 g/mol. The van der Waals surface area contributed by atoms with Crippen LogP contribution in [0.2, 0.25) is 0 Å². The molecule has 4 N–H and O–H groups in total. The summed E-state index contributed by atoms with van der Waals surface area (Å²) in [5.74, 6) is -0.240. The van der Waals surface area contributed by atoms with E-state index in [1.165, 1.54) is 7.11 Å². The van der Waals surface area contributed by atoms with E-state index in [0.29, 0.717) is 31.8 Å². The Morgan fingerprint density at radius 1 is 1.02 bits per heavy atom. The molecule has 2 unspecified atom stereocenters. The average Bonchev–Trinajstić information content (AvgIpc) is 3.86. The van der Waals surface area contributed by atoms with E-state index < -0.39 is 11.5 Å². The van der Waals surface area contributed by atoms with Gasteiger partial charge >= 0.3 is 6.09 Å². The van der Waals surface area contributed by atoms with E-state index in [1.807, 2.05) is 39.0 Å². The first-order valence-corrected chi connectivity index (χ1v) is 16.9. The van der Waals surface area contributed by atoms with Gasteiger partial charge in [0.15, 0.2) is 5.88 Å². The van der Waals surface area contributed by atoms with Crippen LogP contribution in [-0.4, -0.2) is 71.9 Å². The topological polar surface area (TPSA) is 125 Å². The molecule has 1 saturated carbocycles. The number of hydrogen-bond acceptors (Lipinski definition) is 7. The summed E-state index contributed by atoms with van der Waals surface area (Å²) in [7, 11) is 3.22. The number of nitrogens with zero attached hydrogens (tertiary/aromatic N) is 3. The molecular formula is C38H51N5O5. The Morgan fingerprint density at radius 2 is 1.79 bits per heavy atom. The van der Waals surface area contributed by atoms with Gasteiger partial charge in [-0.1, -0.05) is 36.4 Å². The van der Waals surface area contributed by atoms with E-state index in [-0.39, 0.29) is 36.4 Å². The molecule has 48 heavy (non-hydrogen) atoms. The highest BCUT2D eigenvalue weighted by Crippen LogP contribution is 2.39. The molecule has 1 saturated heterocycles. The number of amides is 2. The number of nitrogens with two attached hydrogens (primary N) is 2. The number of likely N-dealkylation sites (tertiary alicyclic amines) is 1. The first-order chi connectivity index (χ1) is 23.0. The molecule has 0 spiro atoms. The van der Waals surface area contributed by atoms with Crippen LogP contribution in [0.3, 0.4) is 0 Å². The monoisotopic (exact) mass is 657 g/mol. The van der Waals surface area contributed by atoms with Crippen molar-refractivity contribution in [3.63, 3.8) is 0 Å². The number of piperidine rings is 1. The highest BCUT2D eigenvalue weighted by molar-refractivity contribution is 5.86. The Balaban J connectivity index is 1.47. The van der Waals surface area contributed by atoms with Gasteiger partial charge in [0.1, 0.15) is 5.60 Å². The molecule has 1 aliphatic heterocycles. The number of carbonyl (C=O) groups is 2. The van der Waals surface area contributed by atoms with Gasteiger partial charge in [-0.15, -0.1) is 0 Å². The van der Waals surface area contributed by atoms with Crippen molar-refractivity contribution in [3.05, 3.63) is 89.5 Å². The lowest BCUT2D eigenvalue weighted by Crippen LogP contribution is -2.51. The molecule has 2 amide bonds. The number of aryl methyl sites for hydroxylation is 1. The van der Waals surface area contributed by atoms with Crippen molar-refractivity contribution in [2.75, 3.05) is 33.9 Å². The number of allylic oxidation sites excluding steroid dienone is 2. The molecule has 2 heterocycles. The second-order valence-corrected chi connectivity index (χ2v) is 13.9. The summed E-state index contributed by atoms with van der Waals surface area (Å²) in [5, 5.41) is 1.15. The fourth-order valence-corrected chi connectivity index (χ4v) is 6.56. The molecule has 0 radical (unpaired) electrons. The first-order valence-electron chi connectivity index (χ1n) is 16.9. The second-order valence-electron chi connectivity index (χ2n) is 13.9. The molecule has 0 bridgehead atoms. The number of fused-ring (bicyclic) bond motifs is 1. The van der Waals surface area contributed by atoms with E-state index in [9.17, 15) is 9.59 Å². The maximum absolute atomic E-state index is 14.9. The normalized spacial score (nSPS) is 19.0. The van der Waals surface area contributed by atoms with Crippen LogP contribution in [0, 0.1) is 5.92 Å². The molecule has 2 aliphatic rings. The smallest absolute Gasteiger partial charge is 0.410 e. The number of para-hydroxylation sites is 1. The van der Waals surface area contributed by atoms with Gasteiger partial charge in [-0.3, -0.25) is 4.79 Å². The Labute approximate surface area is 284 Å². The maximum Gasteiger partial charge on any atom is 0.410 e. The minimum atomic E-state index is -0.635. The Kier molecular flexibility index (Phi) is 11.0. The van der Waals surface area contributed by atoms with Gasteiger partial charge in [-0.05, 0) is 93.3 Å². The minimum absolute atomic E-state index is 0.0664. The predicted octanol–water partition coefficient (Wildman–Crippen LogP) is 5.96. The fourth-order valence-electron chi connectivity index (χ4n) is 6.56. The van der Waals surface area contributed by atoms with Gasteiger partial charge in [0.05, 0.1) is 13.0 Å².